The summed E-state index contributed by atoms with van der Waals surface area (Å²) in [6.07, 6.45) is -1.60. The predicted octanol–water partition coefficient (Wildman–Crippen LogP) is 4.87. The first-order chi connectivity index (χ1) is 24.5. The van der Waals surface area contributed by atoms with Gasteiger partial charge in [-0.1, -0.05) is 58.0 Å². The van der Waals surface area contributed by atoms with E-state index in [0.717, 1.165) is 12.8 Å². The maximum atomic E-state index is 14.6. The largest absolute Gasteiger partial charge is 0.458 e. The number of cyclic esters (lactones) is 1. The van der Waals surface area contributed by atoms with Gasteiger partial charge < -0.3 is 39.0 Å². The minimum Gasteiger partial charge on any atom is -0.458 e. The van der Waals surface area contributed by atoms with E-state index in [9.17, 15) is 24.3 Å². The van der Waals surface area contributed by atoms with E-state index in [1.165, 1.54) is 19.6 Å². The van der Waals surface area contributed by atoms with Crippen LogP contribution in [0.4, 0.5) is 4.79 Å². The van der Waals surface area contributed by atoms with Gasteiger partial charge in [-0.05, 0) is 78.8 Å². The van der Waals surface area contributed by atoms with E-state index < -0.39 is 83.4 Å². The maximum Gasteiger partial charge on any atom is 0.410 e. The lowest BCUT2D eigenvalue weighted by molar-refractivity contribution is -0.290. The van der Waals surface area contributed by atoms with Gasteiger partial charge in [-0.15, -0.1) is 0 Å². The number of nitrogens with one attached hydrogen (secondary N) is 1. The number of carbonyl (C=O) groups excluding carboxylic acids is 4. The van der Waals surface area contributed by atoms with E-state index in [-0.39, 0.29) is 30.8 Å². The molecule has 4 rings (SSSR count). The predicted molar refractivity (Wildman–Crippen MR) is 194 cm³/mol. The van der Waals surface area contributed by atoms with Crippen molar-refractivity contribution in [2.45, 2.75) is 148 Å². The molecule has 1 aromatic carbocycles. The lowest BCUT2D eigenvalue weighted by atomic mass is 9.73. The number of methoxy groups -OCH3 is 1. The summed E-state index contributed by atoms with van der Waals surface area (Å²) in [5.41, 5.74) is -1.41. The lowest BCUT2D eigenvalue weighted by Gasteiger charge is -2.46. The van der Waals surface area contributed by atoms with E-state index in [1.807, 2.05) is 39.0 Å². The number of ether oxygens (including phenoxy) is 5. The molecule has 13 atom stereocenters. The lowest BCUT2D eigenvalue weighted by Crippen LogP contribution is -2.60. The molecule has 0 aliphatic carbocycles. The monoisotopic (exact) mass is 730 g/mol. The topological polar surface area (TPSA) is 150 Å². The number of unbranched alkanes of at least 4 members (excludes halogenated alkanes) is 1. The number of hydrogen-bond donors (Lipinski definition) is 2. The first kappa shape index (κ1) is 41.9. The van der Waals surface area contributed by atoms with Crippen LogP contribution in [-0.2, 0) is 44.5 Å². The maximum absolute atomic E-state index is 14.6. The number of hydrogen-bond acceptors (Lipinski definition) is 11. The van der Waals surface area contributed by atoms with Crippen LogP contribution in [0.15, 0.2) is 30.3 Å². The van der Waals surface area contributed by atoms with Gasteiger partial charge in [0, 0.05) is 37.5 Å². The number of amides is 1. The fourth-order valence-corrected chi connectivity index (χ4v) is 8.76. The van der Waals surface area contributed by atoms with E-state index in [0.29, 0.717) is 19.4 Å². The minimum atomic E-state index is -1.36. The van der Waals surface area contributed by atoms with Crippen LogP contribution in [0.2, 0.25) is 0 Å². The highest BCUT2D eigenvalue weighted by molar-refractivity contribution is 6.00. The average Bonchev–Trinajstić information content (AvgIpc) is 3.39. The number of likely N-dealkylation sites (N-methyl/N-ethyl adjacent to an activating group) is 1. The van der Waals surface area contributed by atoms with Crippen LogP contribution in [0.3, 0.4) is 0 Å². The zero-order valence-electron chi connectivity index (χ0n) is 32.8. The fraction of sp³-hybridized carbons (Fsp3) is 0.750. The summed E-state index contributed by atoms with van der Waals surface area (Å²) in [6, 6.07) is 9.05. The molecule has 3 aliphatic heterocycles. The molecule has 3 fully saturated rings. The van der Waals surface area contributed by atoms with Gasteiger partial charge in [0.2, 0.25) is 0 Å². The number of aliphatic hydroxyl groups is 1. The van der Waals surface area contributed by atoms with E-state index in [1.54, 1.807) is 39.6 Å². The zero-order valence-corrected chi connectivity index (χ0v) is 32.8. The van der Waals surface area contributed by atoms with E-state index >= 15 is 0 Å². The molecule has 0 spiro atoms. The average molecular weight is 731 g/mol. The zero-order chi connectivity index (χ0) is 38.5. The standard InChI is InChI=1S/C40H62N2O10/c1-11-30-40(8)34(42(38(47)52-40)20-16-15-19-28-17-13-12-14-18-28)25(4)31(43)23(2)22-39(7,48-10)35(26(5)32(44)27(6)36(46)50-30)51-37-33(45)29(41-9)21-24(3)49-37/h12-14,17-18,23-27,29-30,33-35,37,41,45H,11,15-16,19-22H2,1-10H3/t23-,24-,25+,26+,27-,29+,30-,33-,34-,35-,37+,39-,40-/m1/s1. The summed E-state index contributed by atoms with van der Waals surface area (Å²) in [5.74, 6) is -4.81. The third kappa shape index (κ3) is 8.73. The third-order valence-electron chi connectivity index (χ3n) is 11.9. The normalized spacial score (nSPS) is 39.4. The summed E-state index contributed by atoms with van der Waals surface area (Å²) in [5, 5.41) is 14.3. The number of aryl methyl sites for hydroxylation is 1. The number of aliphatic hydroxyl groups excluding tert-OH is 1. The second kappa shape index (κ2) is 17.5. The van der Waals surface area contributed by atoms with Gasteiger partial charge in [0.25, 0.3) is 0 Å². The minimum absolute atomic E-state index is 0.130. The van der Waals surface area contributed by atoms with Gasteiger partial charge in [-0.25, -0.2) is 4.79 Å². The quantitative estimate of drug-likeness (QED) is 0.193. The van der Waals surface area contributed by atoms with Crippen molar-refractivity contribution in [3.8, 4) is 0 Å². The molecule has 3 heterocycles. The Morgan fingerprint density at radius 2 is 1.65 bits per heavy atom. The van der Waals surface area contributed by atoms with E-state index in [2.05, 4.69) is 17.4 Å². The first-order valence-electron chi connectivity index (χ1n) is 19.1. The van der Waals surface area contributed by atoms with Crippen LogP contribution >= 0.6 is 0 Å². The molecular weight excluding hydrogens is 668 g/mol. The second-order valence-electron chi connectivity index (χ2n) is 15.7. The number of benzene rings is 1. The van der Waals surface area contributed by atoms with Gasteiger partial charge in [-0.3, -0.25) is 14.4 Å². The molecule has 1 aromatic rings. The molecule has 1 amide bonds. The van der Waals surface area contributed by atoms with Crippen molar-refractivity contribution in [3.05, 3.63) is 35.9 Å². The van der Waals surface area contributed by atoms with Crippen LogP contribution in [0.25, 0.3) is 0 Å². The Labute approximate surface area is 309 Å². The van der Waals surface area contributed by atoms with Crippen molar-refractivity contribution in [2.75, 3.05) is 20.7 Å². The van der Waals surface area contributed by atoms with Crippen LogP contribution in [0, 0.1) is 23.7 Å². The summed E-state index contributed by atoms with van der Waals surface area (Å²) in [6.45, 7) is 14.4. The number of rotatable bonds is 10. The molecule has 2 N–H and O–H groups in total. The van der Waals surface area contributed by atoms with Gasteiger partial charge in [0.15, 0.2) is 17.7 Å². The van der Waals surface area contributed by atoms with Gasteiger partial charge in [-0.2, -0.15) is 0 Å². The second-order valence-corrected chi connectivity index (χ2v) is 15.7. The summed E-state index contributed by atoms with van der Waals surface area (Å²) >= 11 is 0. The smallest absolute Gasteiger partial charge is 0.410 e. The Bertz CT molecular complexity index is 1390. The number of nitrogens with zero attached hydrogens (tertiary/aromatic N) is 1. The Kier molecular flexibility index (Phi) is 14.1. The van der Waals surface area contributed by atoms with Crippen LogP contribution in [0.1, 0.15) is 93.1 Å². The molecule has 0 radical (unpaired) electrons. The highest BCUT2D eigenvalue weighted by Gasteiger charge is 2.60. The number of esters is 1. The first-order valence-corrected chi connectivity index (χ1v) is 19.1. The Hall–Kier alpha value is -2.90. The molecular formula is C40H62N2O10. The van der Waals surface area contributed by atoms with Crippen molar-refractivity contribution >= 4 is 23.6 Å². The molecule has 52 heavy (non-hydrogen) atoms. The molecule has 0 bridgehead atoms. The summed E-state index contributed by atoms with van der Waals surface area (Å²) in [7, 11) is 3.25. The number of fused-ring (bicyclic) bond motifs is 1. The molecule has 0 saturated carbocycles. The molecule has 0 unspecified atom stereocenters. The SMILES string of the molecule is CC[C@H]1OC(=O)[C@H](C)C(=O)[C@H](C)[C@@H](O[C@@H]2O[C@H](C)C[C@H](NC)[C@H]2O)[C@](C)(OC)C[C@@H](C)C(=O)[C@H](C)[C@H]2N(CCCCc3ccccc3)C(=O)O[C@]12C. The molecule has 3 saturated heterocycles. The molecule has 0 aromatic heterocycles. The van der Waals surface area contributed by atoms with Crippen molar-refractivity contribution in [2.24, 2.45) is 23.7 Å². The molecule has 12 nitrogen and oxygen atoms in total. The van der Waals surface area contributed by atoms with Crippen LogP contribution in [0.5, 0.6) is 0 Å². The van der Waals surface area contributed by atoms with E-state index in [4.69, 9.17) is 23.7 Å². The van der Waals surface area contributed by atoms with Crippen LogP contribution in [-0.4, -0.2) is 108 Å². The Morgan fingerprint density at radius 3 is 2.27 bits per heavy atom. The molecule has 3 aliphatic rings. The molecule has 292 valence electrons. The Morgan fingerprint density at radius 1 is 0.981 bits per heavy atom. The fourth-order valence-electron chi connectivity index (χ4n) is 8.76. The molecule has 12 heteroatoms. The highest BCUT2D eigenvalue weighted by Crippen LogP contribution is 2.43. The van der Waals surface area contributed by atoms with Crippen molar-refractivity contribution < 1.29 is 48.0 Å². The van der Waals surface area contributed by atoms with Gasteiger partial charge in [0.05, 0.1) is 23.9 Å². The summed E-state index contributed by atoms with van der Waals surface area (Å²) < 4.78 is 30.9. The summed E-state index contributed by atoms with van der Waals surface area (Å²) in [4.78, 5) is 57.9. The van der Waals surface area contributed by atoms with Crippen molar-refractivity contribution in [1.82, 2.24) is 10.2 Å². The number of ketones is 2. The van der Waals surface area contributed by atoms with Gasteiger partial charge >= 0.3 is 12.1 Å². The third-order valence-corrected chi connectivity index (χ3v) is 11.9. The Balaban J connectivity index is 1.71. The van der Waals surface area contributed by atoms with Crippen molar-refractivity contribution in [1.29, 1.82) is 0 Å². The van der Waals surface area contributed by atoms with Crippen molar-refractivity contribution in [3.63, 3.8) is 0 Å². The number of Topliss-reactive ketones (excluding diaryl/α,β-unsaturated/α-hetero) is 2. The van der Waals surface area contributed by atoms with Gasteiger partial charge in [0.1, 0.15) is 23.9 Å². The van der Waals surface area contributed by atoms with Crippen LogP contribution < -0.4 is 5.32 Å². The number of carbonyl (C=O) groups is 4. The highest BCUT2D eigenvalue weighted by atomic mass is 16.7.